The zero-order valence-corrected chi connectivity index (χ0v) is 20.6. The molecule has 2 aromatic heterocycles. The molecule has 10 heteroatoms. The Labute approximate surface area is 218 Å². The van der Waals surface area contributed by atoms with Crippen LogP contribution < -0.4 is 0 Å². The summed E-state index contributed by atoms with van der Waals surface area (Å²) in [5.74, 6) is -0.364. The summed E-state index contributed by atoms with van der Waals surface area (Å²) in [6, 6.07) is 23.9. The zero-order valence-electron chi connectivity index (χ0n) is 20.6. The number of nitro benzene ring substituents is 1. The van der Waals surface area contributed by atoms with Gasteiger partial charge in [0.25, 0.3) is 5.69 Å². The van der Waals surface area contributed by atoms with Crippen molar-refractivity contribution in [2.45, 2.75) is 26.4 Å². The van der Waals surface area contributed by atoms with Gasteiger partial charge in [-0.2, -0.15) is 5.10 Å². The van der Waals surface area contributed by atoms with Gasteiger partial charge in [-0.1, -0.05) is 53.2 Å². The predicted molar refractivity (Wildman–Crippen MR) is 140 cm³/mol. The average molecular weight is 509 g/mol. The molecule has 0 unspecified atom stereocenters. The molecule has 10 nitrogen and oxygen atoms in total. The lowest BCUT2D eigenvalue weighted by Gasteiger charge is -2.04. The van der Waals surface area contributed by atoms with Crippen LogP contribution in [-0.2, 0) is 22.6 Å². The molecule has 38 heavy (non-hydrogen) atoms. The van der Waals surface area contributed by atoms with Crippen molar-refractivity contribution in [1.82, 2.24) is 24.8 Å². The minimum absolute atomic E-state index is 0.0112. The fourth-order valence-corrected chi connectivity index (χ4v) is 3.94. The Hall–Kier alpha value is -5.12. The molecule has 0 fully saturated rings. The van der Waals surface area contributed by atoms with Gasteiger partial charge in [-0.15, -0.1) is 5.10 Å². The van der Waals surface area contributed by atoms with Crippen LogP contribution in [0.2, 0.25) is 0 Å². The Morgan fingerprint density at radius 3 is 2.34 bits per heavy atom. The van der Waals surface area contributed by atoms with Crippen molar-refractivity contribution < 1.29 is 14.5 Å². The Morgan fingerprint density at radius 2 is 1.63 bits per heavy atom. The van der Waals surface area contributed by atoms with E-state index in [2.05, 4.69) is 10.3 Å². The van der Waals surface area contributed by atoms with E-state index >= 15 is 0 Å². The number of nitro groups is 1. The number of hydrogen-bond acceptors (Lipinski definition) is 7. The first kappa shape index (κ1) is 24.6. The van der Waals surface area contributed by atoms with Crippen LogP contribution in [0.1, 0.15) is 23.2 Å². The number of aromatic nitrogens is 5. The van der Waals surface area contributed by atoms with Gasteiger partial charge in [-0.25, -0.2) is 9.36 Å². The highest BCUT2D eigenvalue weighted by molar-refractivity contribution is 5.71. The first-order valence-electron chi connectivity index (χ1n) is 12.0. The van der Waals surface area contributed by atoms with Gasteiger partial charge in [0.05, 0.1) is 28.2 Å². The highest BCUT2D eigenvalue weighted by atomic mass is 16.6. The number of esters is 1. The van der Waals surface area contributed by atoms with Crippen molar-refractivity contribution in [3.63, 3.8) is 0 Å². The van der Waals surface area contributed by atoms with Gasteiger partial charge in [0.15, 0.2) is 0 Å². The van der Waals surface area contributed by atoms with E-state index in [1.165, 1.54) is 16.8 Å². The summed E-state index contributed by atoms with van der Waals surface area (Å²) in [7, 11) is 0. The quantitative estimate of drug-likeness (QED) is 0.156. The molecule has 0 spiro atoms. The highest BCUT2D eigenvalue weighted by Gasteiger charge is 2.15. The summed E-state index contributed by atoms with van der Waals surface area (Å²) in [5, 5.41) is 23.7. The second-order valence-electron chi connectivity index (χ2n) is 8.74. The van der Waals surface area contributed by atoms with E-state index in [-0.39, 0.29) is 24.7 Å². The molecule has 0 saturated carbocycles. The number of non-ortho nitro benzene ring substituents is 1. The van der Waals surface area contributed by atoms with Crippen molar-refractivity contribution in [3.8, 4) is 22.6 Å². The molecule has 190 valence electrons. The summed E-state index contributed by atoms with van der Waals surface area (Å²) in [6.07, 6.45) is 4.21. The van der Waals surface area contributed by atoms with Crippen LogP contribution in [0.3, 0.4) is 0 Å². The maximum Gasteiger partial charge on any atom is 0.306 e. The van der Waals surface area contributed by atoms with Crippen molar-refractivity contribution in [3.05, 3.63) is 118 Å². The number of carbonyl (C=O) groups is 1. The Balaban J connectivity index is 1.23. The van der Waals surface area contributed by atoms with Crippen molar-refractivity contribution in [2.75, 3.05) is 0 Å². The summed E-state index contributed by atoms with van der Waals surface area (Å²) in [5.41, 5.74) is 5.91. The molecule has 0 saturated heterocycles. The van der Waals surface area contributed by atoms with Gasteiger partial charge in [0, 0.05) is 30.3 Å². The Morgan fingerprint density at radius 1 is 0.921 bits per heavy atom. The van der Waals surface area contributed by atoms with E-state index in [0.29, 0.717) is 17.8 Å². The largest absolute Gasteiger partial charge is 0.459 e. The van der Waals surface area contributed by atoms with Crippen molar-refractivity contribution in [1.29, 1.82) is 0 Å². The van der Waals surface area contributed by atoms with Gasteiger partial charge in [-0.3, -0.25) is 14.9 Å². The number of rotatable bonds is 9. The normalized spacial score (nSPS) is 10.9. The van der Waals surface area contributed by atoms with Gasteiger partial charge in [-0.05, 0) is 43.2 Å². The van der Waals surface area contributed by atoms with Crippen molar-refractivity contribution >= 4 is 11.7 Å². The predicted octanol–water partition coefficient (Wildman–Crippen LogP) is 5.01. The fourth-order valence-electron chi connectivity index (χ4n) is 3.94. The van der Waals surface area contributed by atoms with Crippen LogP contribution in [0.15, 0.2) is 91.3 Å². The Kier molecular flexibility index (Phi) is 7.03. The van der Waals surface area contributed by atoms with Crippen LogP contribution >= 0.6 is 0 Å². The van der Waals surface area contributed by atoms with Gasteiger partial charge in [0.1, 0.15) is 12.3 Å². The zero-order chi connectivity index (χ0) is 26.5. The number of carbonyl (C=O) groups excluding carboxylic acids is 1. The fraction of sp³-hybridized carbons (Fsp3) is 0.143. The maximum absolute atomic E-state index is 12.6. The minimum atomic E-state index is -0.466. The number of hydrogen-bond donors (Lipinski definition) is 0. The summed E-state index contributed by atoms with van der Waals surface area (Å²) in [6.45, 7) is 2.01. The molecule has 5 rings (SSSR count). The van der Waals surface area contributed by atoms with E-state index in [9.17, 15) is 14.9 Å². The highest BCUT2D eigenvalue weighted by Crippen LogP contribution is 2.25. The summed E-state index contributed by atoms with van der Waals surface area (Å²) in [4.78, 5) is 22.9. The summed E-state index contributed by atoms with van der Waals surface area (Å²) >= 11 is 0. The van der Waals surface area contributed by atoms with E-state index in [0.717, 1.165) is 28.1 Å². The number of nitrogens with zero attached hydrogens (tertiary/aromatic N) is 6. The van der Waals surface area contributed by atoms with Gasteiger partial charge >= 0.3 is 5.97 Å². The van der Waals surface area contributed by atoms with E-state index in [4.69, 9.17) is 9.84 Å². The van der Waals surface area contributed by atoms with Gasteiger partial charge < -0.3 is 4.74 Å². The third-order valence-corrected chi connectivity index (χ3v) is 5.98. The van der Waals surface area contributed by atoms with E-state index in [1.807, 2.05) is 72.4 Å². The standard InChI is InChI=1S/C28H24N6O4/c1-20-7-9-21(10-8-20)28-22(17-32(30-28)24-5-3-2-4-6-24)11-16-27(35)38-19-23-18-33(31-29-23)25-12-14-26(15-13-25)34(36)37/h2-10,12-15,17-18H,11,16,19H2,1H3. The minimum Gasteiger partial charge on any atom is -0.459 e. The maximum atomic E-state index is 12.6. The Bertz CT molecular complexity index is 1560. The molecular formula is C28H24N6O4. The number of para-hydroxylation sites is 1. The molecule has 0 aliphatic carbocycles. The number of benzene rings is 3. The lowest BCUT2D eigenvalue weighted by atomic mass is 10.0. The lowest BCUT2D eigenvalue weighted by Crippen LogP contribution is -2.06. The molecule has 0 bridgehead atoms. The number of ether oxygens (including phenoxy) is 1. The second-order valence-corrected chi connectivity index (χ2v) is 8.74. The van der Waals surface area contributed by atoms with Crippen LogP contribution in [0.4, 0.5) is 5.69 Å². The molecular weight excluding hydrogens is 484 g/mol. The topological polar surface area (TPSA) is 118 Å². The first-order valence-corrected chi connectivity index (χ1v) is 12.0. The van der Waals surface area contributed by atoms with Crippen LogP contribution in [0.5, 0.6) is 0 Å². The second kappa shape index (κ2) is 10.9. The smallest absolute Gasteiger partial charge is 0.306 e. The molecule has 0 N–H and O–H groups in total. The molecule has 2 heterocycles. The van der Waals surface area contributed by atoms with Crippen molar-refractivity contribution in [2.24, 2.45) is 0 Å². The molecule has 3 aromatic carbocycles. The average Bonchev–Trinajstić information content (AvgIpc) is 3.59. The monoisotopic (exact) mass is 508 g/mol. The van der Waals surface area contributed by atoms with Crippen LogP contribution in [0.25, 0.3) is 22.6 Å². The first-order chi connectivity index (χ1) is 18.5. The third kappa shape index (κ3) is 5.65. The lowest BCUT2D eigenvalue weighted by molar-refractivity contribution is -0.384. The van der Waals surface area contributed by atoms with Crippen LogP contribution in [-0.4, -0.2) is 35.7 Å². The van der Waals surface area contributed by atoms with E-state index < -0.39 is 4.92 Å². The summed E-state index contributed by atoms with van der Waals surface area (Å²) < 4.78 is 8.73. The van der Waals surface area contributed by atoms with E-state index in [1.54, 1.807) is 18.3 Å². The number of aryl methyl sites for hydroxylation is 2. The molecule has 0 atom stereocenters. The van der Waals surface area contributed by atoms with Crippen LogP contribution in [0, 0.1) is 17.0 Å². The third-order valence-electron chi connectivity index (χ3n) is 5.98. The molecule has 0 aliphatic rings. The molecule has 0 radical (unpaired) electrons. The molecule has 0 aliphatic heterocycles. The molecule has 5 aromatic rings. The van der Waals surface area contributed by atoms with Gasteiger partial charge in [0.2, 0.25) is 0 Å². The molecule has 0 amide bonds. The SMILES string of the molecule is Cc1ccc(-c2nn(-c3ccccc3)cc2CCC(=O)OCc2cn(-c3ccc([N+](=O)[O-])cc3)nn2)cc1.